The number of hydrogen-bond donors (Lipinski definition) is 1. The summed E-state index contributed by atoms with van der Waals surface area (Å²) in [7, 11) is 0. The van der Waals surface area contributed by atoms with E-state index in [1.807, 2.05) is 0 Å². The van der Waals surface area contributed by atoms with Crippen LogP contribution in [0.15, 0.2) is 17.3 Å². The molecule has 0 aromatic carbocycles. The lowest BCUT2D eigenvalue weighted by Gasteiger charge is -2.28. The molecule has 0 radical (unpaired) electrons. The highest BCUT2D eigenvalue weighted by atomic mass is 19.1. The van der Waals surface area contributed by atoms with Crippen molar-refractivity contribution in [1.82, 2.24) is 19.9 Å². The molecular formula is C12H12FN5O. The van der Waals surface area contributed by atoms with Crippen LogP contribution in [0, 0.1) is 12.7 Å². The molecule has 1 N–H and O–H groups in total. The van der Waals surface area contributed by atoms with E-state index < -0.39 is 5.82 Å². The smallest absolute Gasteiger partial charge is 0.256 e. The highest BCUT2D eigenvalue weighted by Crippen LogP contribution is 2.21. The fraction of sp³-hybridized carbons (Fsp3) is 0.333. The minimum atomic E-state index is -0.484. The van der Waals surface area contributed by atoms with Crippen LogP contribution < -0.4 is 10.5 Å². The van der Waals surface area contributed by atoms with Gasteiger partial charge >= 0.3 is 0 Å². The first-order valence-corrected chi connectivity index (χ1v) is 5.94. The number of halogens is 1. The monoisotopic (exact) mass is 261 g/mol. The van der Waals surface area contributed by atoms with Crippen molar-refractivity contribution in [3.8, 4) is 0 Å². The quantitative estimate of drug-likeness (QED) is 0.812. The van der Waals surface area contributed by atoms with E-state index in [9.17, 15) is 9.18 Å². The number of H-pyrrole nitrogens is 1. The third-order valence-electron chi connectivity index (χ3n) is 3.13. The van der Waals surface area contributed by atoms with Gasteiger partial charge in [-0.2, -0.15) is 0 Å². The van der Waals surface area contributed by atoms with E-state index in [2.05, 4.69) is 19.9 Å². The van der Waals surface area contributed by atoms with Gasteiger partial charge in [-0.1, -0.05) is 0 Å². The normalized spacial score (nSPS) is 14.3. The molecule has 0 fully saturated rings. The Morgan fingerprint density at radius 3 is 3.11 bits per heavy atom. The number of nitrogens with zero attached hydrogens (tertiary/aromatic N) is 4. The highest BCUT2D eigenvalue weighted by Gasteiger charge is 2.23. The van der Waals surface area contributed by atoms with E-state index in [-0.39, 0.29) is 11.4 Å². The molecule has 0 bridgehead atoms. The van der Waals surface area contributed by atoms with E-state index >= 15 is 0 Å². The zero-order chi connectivity index (χ0) is 13.4. The summed E-state index contributed by atoms with van der Waals surface area (Å²) >= 11 is 0. The molecule has 7 heteroatoms. The molecule has 2 aromatic heterocycles. The van der Waals surface area contributed by atoms with Crippen LogP contribution in [-0.2, 0) is 13.0 Å². The molecule has 3 rings (SSSR count). The molecule has 0 spiro atoms. The maximum Gasteiger partial charge on any atom is 0.256 e. The zero-order valence-electron chi connectivity index (χ0n) is 10.4. The Bertz CT molecular complexity index is 684. The van der Waals surface area contributed by atoms with Gasteiger partial charge in [0, 0.05) is 13.0 Å². The first-order chi connectivity index (χ1) is 9.15. The SMILES string of the molecule is Cc1nc2c(c(=O)[nH]1)CN(c1ncncc1F)CC2. The van der Waals surface area contributed by atoms with E-state index in [1.54, 1.807) is 11.8 Å². The summed E-state index contributed by atoms with van der Waals surface area (Å²) in [5.41, 5.74) is 1.20. The van der Waals surface area contributed by atoms with Gasteiger partial charge in [0.25, 0.3) is 5.56 Å². The van der Waals surface area contributed by atoms with Gasteiger partial charge in [0.2, 0.25) is 0 Å². The molecule has 19 heavy (non-hydrogen) atoms. The van der Waals surface area contributed by atoms with Gasteiger partial charge in [0.05, 0.1) is 24.0 Å². The molecule has 0 atom stereocenters. The number of aromatic amines is 1. The molecule has 0 saturated heterocycles. The fourth-order valence-corrected chi connectivity index (χ4v) is 2.27. The first kappa shape index (κ1) is 11.8. The Labute approximate surface area is 108 Å². The number of rotatable bonds is 1. The molecule has 3 heterocycles. The van der Waals surface area contributed by atoms with Crippen molar-refractivity contribution in [2.45, 2.75) is 19.9 Å². The summed E-state index contributed by atoms with van der Waals surface area (Å²) in [6.07, 6.45) is 3.02. The Morgan fingerprint density at radius 1 is 1.47 bits per heavy atom. The van der Waals surface area contributed by atoms with Crippen LogP contribution in [0.1, 0.15) is 17.1 Å². The van der Waals surface area contributed by atoms with Crippen LogP contribution in [0.4, 0.5) is 10.2 Å². The summed E-state index contributed by atoms with van der Waals surface area (Å²) in [4.78, 5) is 28.2. The van der Waals surface area contributed by atoms with Crippen molar-refractivity contribution in [3.05, 3.63) is 45.8 Å². The Balaban J connectivity index is 1.99. The zero-order valence-corrected chi connectivity index (χ0v) is 10.4. The molecule has 2 aromatic rings. The van der Waals surface area contributed by atoms with Crippen molar-refractivity contribution in [1.29, 1.82) is 0 Å². The average Bonchev–Trinajstić information content (AvgIpc) is 2.39. The predicted octanol–water partition coefficient (Wildman–Crippen LogP) is 0.570. The molecule has 0 unspecified atom stereocenters. The highest BCUT2D eigenvalue weighted by molar-refractivity contribution is 5.42. The van der Waals surface area contributed by atoms with Crippen LogP contribution >= 0.6 is 0 Å². The second kappa shape index (κ2) is 4.42. The molecule has 0 saturated carbocycles. The van der Waals surface area contributed by atoms with Crippen LogP contribution in [0.2, 0.25) is 0 Å². The molecule has 6 nitrogen and oxygen atoms in total. The third-order valence-corrected chi connectivity index (χ3v) is 3.13. The average molecular weight is 261 g/mol. The van der Waals surface area contributed by atoms with Gasteiger partial charge in [-0.25, -0.2) is 19.3 Å². The number of aryl methyl sites for hydroxylation is 1. The van der Waals surface area contributed by atoms with Crippen LogP contribution in [0.3, 0.4) is 0 Å². The van der Waals surface area contributed by atoms with Gasteiger partial charge in [-0.05, 0) is 6.92 Å². The van der Waals surface area contributed by atoms with Crippen molar-refractivity contribution in [2.24, 2.45) is 0 Å². The summed E-state index contributed by atoms with van der Waals surface area (Å²) in [5, 5.41) is 0. The van der Waals surface area contributed by atoms with Crippen molar-refractivity contribution in [3.63, 3.8) is 0 Å². The lowest BCUT2D eigenvalue weighted by molar-refractivity contribution is 0.589. The number of hydrogen-bond acceptors (Lipinski definition) is 5. The van der Waals surface area contributed by atoms with Crippen LogP contribution in [-0.4, -0.2) is 26.5 Å². The lowest BCUT2D eigenvalue weighted by Crippen LogP contribution is -2.36. The third kappa shape index (κ3) is 2.07. The predicted molar refractivity (Wildman–Crippen MR) is 66.3 cm³/mol. The summed E-state index contributed by atoms with van der Waals surface area (Å²) in [5.74, 6) is 0.341. The van der Waals surface area contributed by atoms with Gasteiger partial charge in [0.1, 0.15) is 12.2 Å². The maximum absolute atomic E-state index is 13.6. The van der Waals surface area contributed by atoms with Crippen molar-refractivity contribution >= 4 is 5.82 Å². The summed E-state index contributed by atoms with van der Waals surface area (Å²) in [6.45, 7) is 2.64. The van der Waals surface area contributed by atoms with Gasteiger partial charge in [0.15, 0.2) is 11.6 Å². The first-order valence-electron chi connectivity index (χ1n) is 5.94. The molecular weight excluding hydrogens is 249 g/mol. The number of fused-ring (bicyclic) bond motifs is 1. The van der Waals surface area contributed by atoms with E-state index in [0.29, 0.717) is 30.9 Å². The van der Waals surface area contributed by atoms with Crippen LogP contribution in [0.25, 0.3) is 0 Å². The van der Waals surface area contributed by atoms with E-state index in [0.717, 1.165) is 11.9 Å². The Hall–Kier alpha value is -2.31. The van der Waals surface area contributed by atoms with Crippen molar-refractivity contribution in [2.75, 3.05) is 11.4 Å². The molecule has 0 aliphatic carbocycles. The number of nitrogens with one attached hydrogen (secondary N) is 1. The van der Waals surface area contributed by atoms with Crippen molar-refractivity contribution < 1.29 is 4.39 Å². The number of aromatic nitrogens is 4. The van der Waals surface area contributed by atoms with Crippen LogP contribution in [0.5, 0.6) is 0 Å². The van der Waals surface area contributed by atoms with E-state index in [4.69, 9.17) is 0 Å². The summed E-state index contributed by atoms with van der Waals surface area (Å²) in [6, 6.07) is 0. The van der Waals surface area contributed by atoms with Gasteiger partial charge in [-0.3, -0.25) is 4.79 Å². The standard InChI is InChI=1S/C12H12FN5O/c1-7-16-10-2-3-18(5-8(10)12(19)17-7)11-9(13)4-14-6-15-11/h4,6H,2-3,5H2,1H3,(H,16,17,19). The largest absolute Gasteiger partial charge is 0.349 e. The Morgan fingerprint density at radius 2 is 2.32 bits per heavy atom. The minimum absolute atomic E-state index is 0.165. The summed E-state index contributed by atoms with van der Waals surface area (Å²) < 4.78 is 13.6. The van der Waals surface area contributed by atoms with E-state index in [1.165, 1.54) is 6.33 Å². The minimum Gasteiger partial charge on any atom is -0.349 e. The topological polar surface area (TPSA) is 74.8 Å². The Kier molecular flexibility index (Phi) is 2.73. The lowest BCUT2D eigenvalue weighted by atomic mass is 10.1. The number of anilines is 1. The molecule has 98 valence electrons. The molecule has 1 aliphatic heterocycles. The second-order valence-corrected chi connectivity index (χ2v) is 4.44. The van der Waals surface area contributed by atoms with Gasteiger partial charge in [-0.15, -0.1) is 0 Å². The second-order valence-electron chi connectivity index (χ2n) is 4.44. The molecule has 1 aliphatic rings. The fourth-order valence-electron chi connectivity index (χ4n) is 2.27. The molecule has 0 amide bonds. The maximum atomic E-state index is 13.6. The van der Waals surface area contributed by atoms with Gasteiger partial charge < -0.3 is 9.88 Å².